The molecule has 0 bridgehead atoms. The van der Waals surface area contributed by atoms with Crippen molar-refractivity contribution in [3.63, 3.8) is 0 Å². The Morgan fingerprint density at radius 1 is 1.38 bits per heavy atom. The quantitative estimate of drug-likeness (QED) is 0.763. The number of esters is 1. The Morgan fingerprint density at radius 3 is 2.56 bits per heavy atom. The molecule has 0 amide bonds. The second kappa shape index (κ2) is 6.25. The molecule has 1 aromatic rings. The third kappa shape index (κ3) is 3.64. The van der Waals surface area contributed by atoms with Gasteiger partial charge in [-0.1, -0.05) is 30.3 Å². The van der Waals surface area contributed by atoms with Crippen LogP contribution in [0.2, 0.25) is 0 Å². The topological polar surface area (TPSA) is 61.5 Å². The third-order valence-electron chi connectivity index (χ3n) is 2.13. The smallest absolute Gasteiger partial charge is 0.327 e. The highest BCUT2D eigenvalue weighted by Gasteiger charge is 2.19. The molecule has 1 unspecified atom stereocenters. The van der Waals surface area contributed by atoms with Crippen LogP contribution in [-0.2, 0) is 14.3 Å². The molecule has 2 atom stereocenters. The summed E-state index contributed by atoms with van der Waals surface area (Å²) < 4.78 is 9.99. The maximum absolute atomic E-state index is 11.6. The molecule has 0 fully saturated rings. The highest BCUT2D eigenvalue weighted by molar-refractivity contribution is 5.77. The molecule has 0 aliphatic heterocycles. The van der Waals surface area contributed by atoms with Gasteiger partial charge in [-0.2, -0.15) is 0 Å². The van der Waals surface area contributed by atoms with Crippen molar-refractivity contribution in [2.75, 3.05) is 13.7 Å². The molecule has 1 rings (SSSR count). The molecular weight excluding hydrogens is 206 g/mol. The molecule has 0 saturated heterocycles. The zero-order valence-electron chi connectivity index (χ0n) is 9.55. The van der Waals surface area contributed by atoms with Gasteiger partial charge in [0.05, 0.1) is 6.61 Å². The van der Waals surface area contributed by atoms with Gasteiger partial charge in [0.1, 0.15) is 12.1 Å². The van der Waals surface area contributed by atoms with E-state index in [1.165, 1.54) is 0 Å². The predicted octanol–water partition coefficient (Wildman–Crippen LogP) is 1.26. The summed E-state index contributed by atoms with van der Waals surface area (Å²) in [6, 6.07) is 8.40. The first kappa shape index (κ1) is 12.7. The summed E-state index contributed by atoms with van der Waals surface area (Å²) >= 11 is 0. The molecule has 0 radical (unpaired) electrons. The van der Waals surface area contributed by atoms with Gasteiger partial charge in [0.25, 0.3) is 0 Å². The Balaban J connectivity index is 2.55. The van der Waals surface area contributed by atoms with Crippen LogP contribution < -0.4 is 5.73 Å². The lowest BCUT2D eigenvalue weighted by molar-refractivity contribution is -0.152. The average molecular weight is 223 g/mol. The lowest BCUT2D eigenvalue weighted by atomic mass is 10.1. The first-order valence-electron chi connectivity index (χ1n) is 5.15. The molecule has 2 N–H and O–H groups in total. The van der Waals surface area contributed by atoms with Gasteiger partial charge >= 0.3 is 5.97 Å². The van der Waals surface area contributed by atoms with Crippen molar-refractivity contribution in [1.82, 2.24) is 0 Å². The molecule has 0 aliphatic rings. The highest BCUT2D eigenvalue weighted by atomic mass is 16.6. The number of hydrogen-bond acceptors (Lipinski definition) is 4. The van der Waals surface area contributed by atoms with Gasteiger partial charge < -0.3 is 15.2 Å². The van der Waals surface area contributed by atoms with Crippen LogP contribution in [0.15, 0.2) is 30.3 Å². The van der Waals surface area contributed by atoms with E-state index < -0.39 is 12.0 Å². The Hall–Kier alpha value is -1.39. The number of hydrogen-bond donors (Lipinski definition) is 1. The van der Waals surface area contributed by atoms with Crippen LogP contribution in [0.1, 0.15) is 18.5 Å². The van der Waals surface area contributed by atoms with Gasteiger partial charge in [0, 0.05) is 7.11 Å². The molecule has 0 heterocycles. The maximum Gasteiger partial charge on any atom is 0.327 e. The zero-order valence-corrected chi connectivity index (χ0v) is 9.55. The molecule has 0 saturated carbocycles. The zero-order chi connectivity index (χ0) is 12.0. The molecule has 0 spiro atoms. The second-order valence-electron chi connectivity index (χ2n) is 3.59. The van der Waals surface area contributed by atoms with Crippen molar-refractivity contribution in [1.29, 1.82) is 0 Å². The van der Waals surface area contributed by atoms with Crippen LogP contribution in [0.3, 0.4) is 0 Å². The molecule has 1 aromatic carbocycles. The fourth-order valence-electron chi connectivity index (χ4n) is 1.34. The van der Waals surface area contributed by atoms with E-state index >= 15 is 0 Å². The number of ether oxygens (including phenoxy) is 2. The molecule has 4 nitrogen and oxygen atoms in total. The predicted molar refractivity (Wildman–Crippen MR) is 60.8 cm³/mol. The van der Waals surface area contributed by atoms with Crippen LogP contribution in [0.5, 0.6) is 0 Å². The Kier molecular flexibility index (Phi) is 4.95. The molecule has 4 heteroatoms. The van der Waals surface area contributed by atoms with Gasteiger partial charge in [0.2, 0.25) is 0 Å². The number of rotatable bonds is 5. The largest absolute Gasteiger partial charge is 0.459 e. The highest BCUT2D eigenvalue weighted by Crippen LogP contribution is 2.12. The van der Waals surface area contributed by atoms with Gasteiger partial charge in [-0.05, 0) is 12.5 Å². The first-order valence-corrected chi connectivity index (χ1v) is 5.15. The lowest BCUT2D eigenvalue weighted by Crippen LogP contribution is -2.28. The summed E-state index contributed by atoms with van der Waals surface area (Å²) in [5.74, 6) is -0.434. The minimum absolute atomic E-state index is 0.285. The monoisotopic (exact) mass is 223 g/mol. The standard InChI is InChI=1S/C12H17NO3/c1-9(8-15-2)16-12(14)11(13)10-6-4-3-5-7-10/h3-7,9,11H,8,13H2,1-2H3/t9?,11-/m1/s1. The number of carbonyl (C=O) groups excluding carboxylic acids is 1. The van der Waals surface area contributed by atoms with Crippen molar-refractivity contribution in [3.05, 3.63) is 35.9 Å². The van der Waals surface area contributed by atoms with Gasteiger partial charge in [-0.15, -0.1) is 0 Å². The summed E-state index contributed by atoms with van der Waals surface area (Å²) in [5, 5.41) is 0. The van der Waals surface area contributed by atoms with Crippen molar-refractivity contribution in [3.8, 4) is 0 Å². The van der Waals surface area contributed by atoms with E-state index in [4.69, 9.17) is 15.2 Å². The van der Waals surface area contributed by atoms with Gasteiger partial charge in [0.15, 0.2) is 0 Å². The van der Waals surface area contributed by atoms with E-state index in [2.05, 4.69) is 0 Å². The molecule has 88 valence electrons. The minimum Gasteiger partial charge on any atom is -0.459 e. The van der Waals surface area contributed by atoms with Gasteiger partial charge in [-0.3, -0.25) is 0 Å². The minimum atomic E-state index is -0.736. The van der Waals surface area contributed by atoms with Crippen LogP contribution in [0.25, 0.3) is 0 Å². The summed E-state index contributed by atoms with van der Waals surface area (Å²) in [6.45, 7) is 2.13. The van der Waals surface area contributed by atoms with E-state index in [-0.39, 0.29) is 6.10 Å². The lowest BCUT2D eigenvalue weighted by Gasteiger charge is -2.16. The fraction of sp³-hybridized carbons (Fsp3) is 0.417. The molecule has 16 heavy (non-hydrogen) atoms. The molecule has 0 aromatic heterocycles. The summed E-state index contributed by atoms with van der Waals surface area (Å²) in [6.07, 6.45) is -0.285. The Labute approximate surface area is 95.3 Å². The third-order valence-corrected chi connectivity index (χ3v) is 2.13. The summed E-state index contributed by atoms with van der Waals surface area (Å²) in [7, 11) is 1.56. The first-order chi connectivity index (χ1) is 7.65. The van der Waals surface area contributed by atoms with Crippen molar-refractivity contribution in [2.45, 2.75) is 19.1 Å². The summed E-state index contributed by atoms with van der Waals surface area (Å²) in [5.41, 5.74) is 6.51. The van der Waals surface area contributed by atoms with E-state index in [1.54, 1.807) is 26.2 Å². The van der Waals surface area contributed by atoms with Crippen molar-refractivity contribution >= 4 is 5.97 Å². The number of carbonyl (C=O) groups is 1. The molecular formula is C12H17NO3. The van der Waals surface area contributed by atoms with E-state index in [1.807, 2.05) is 18.2 Å². The van der Waals surface area contributed by atoms with Crippen molar-refractivity contribution < 1.29 is 14.3 Å². The SMILES string of the molecule is COCC(C)OC(=O)[C@H](N)c1ccccc1. The maximum atomic E-state index is 11.6. The Bertz CT molecular complexity index is 326. The van der Waals surface area contributed by atoms with E-state index in [0.717, 1.165) is 5.56 Å². The number of benzene rings is 1. The van der Waals surface area contributed by atoms with Crippen LogP contribution in [0.4, 0.5) is 0 Å². The van der Waals surface area contributed by atoms with Crippen LogP contribution in [0, 0.1) is 0 Å². The van der Waals surface area contributed by atoms with Crippen molar-refractivity contribution in [2.24, 2.45) is 5.73 Å². The normalized spacial score (nSPS) is 14.2. The molecule has 0 aliphatic carbocycles. The van der Waals surface area contributed by atoms with E-state index in [0.29, 0.717) is 6.61 Å². The number of nitrogens with two attached hydrogens (primary N) is 1. The Morgan fingerprint density at radius 2 is 2.00 bits per heavy atom. The fourth-order valence-corrected chi connectivity index (χ4v) is 1.34. The van der Waals surface area contributed by atoms with Crippen LogP contribution >= 0.6 is 0 Å². The van der Waals surface area contributed by atoms with E-state index in [9.17, 15) is 4.79 Å². The summed E-state index contributed by atoms with van der Waals surface area (Å²) in [4.78, 5) is 11.6. The van der Waals surface area contributed by atoms with Gasteiger partial charge in [-0.25, -0.2) is 4.79 Å². The van der Waals surface area contributed by atoms with Crippen LogP contribution in [-0.4, -0.2) is 25.8 Å². The average Bonchev–Trinajstić information content (AvgIpc) is 2.29. The second-order valence-corrected chi connectivity index (χ2v) is 3.59. The number of methoxy groups -OCH3 is 1.